The van der Waals surface area contributed by atoms with E-state index in [9.17, 15) is 9.59 Å². The summed E-state index contributed by atoms with van der Waals surface area (Å²) in [7, 11) is 0. The van der Waals surface area contributed by atoms with Gasteiger partial charge in [0.05, 0.1) is 12.5 Å². The quantitative estimate of drug-likeness (QED) is 0.519. The number of nitrogens with zero attached hydrogens (tertiary/aromatic N) is 1. The predicted octanol–water partition coefficient (Wildman–Crippen LogP) is 4.78. The van der Waals surface area contributed by atoms with Crippen LogP contribution in [0, 0.1) is 5.92 Å². The first-order chi connectivity index (χ1) is 16.2. The van der Waals surface area contributed by atoms with Crippen molar-refractivity contribution in [3.8, 4) is 5.75 Å². The van der Waals surface area contributed by atoms with Crippen LogP contribution < -0.4 is 15.0 Å². The average Bonchev–Trinajstić information content (AvgIpc) is 3.26. The maximum absolute atomic E-state index is 13.0. The van der Waals surface area contributed by atoms with Crippen LogP contribution in [0.5, 0.6) is 5.75 Å². The fraction of sp³-hybridized carbons (Fsp3) is 0.286. The molecule has 1 heterocycles. The third kappa shape index (κ3) is 5.61. The number of anilines is 1. The molecule has 5 heteroatoms. The fourth-order valence-electron chi connectivity index (χ4n) is 4.22. The third-order valence-electron chi connectivity index (χ3n) is 6.00. The molecule has 1 atom stereocenters. The Kier molecular flexibility index (Phi) is 7.40. The number of ether oxygens (including phenoxy) is 1. The van der Waals surface area contributed by atoms with Crippen LogP contribution in [0.1, 0.15) is 36.8 Å². The first kappa shape index (κ1) is 22.6. The van der Waals surface area contributed by atoms with Gasteiger partial charge in [0.25, 0.3) is 0 Å². The molecule has 0 aliphatic carbocycles. The van der Waals surface area contributed by atoms with E-state index in [2.05, 4.69) is 36.5 Å². The second-order valence-corrected chi connectivity index (χ2v) is 8.37. The number of hydrogen-bond donors (Lipinski definition) is 1. The number of carbonyl (C=O) groups is 2. The smallest absolute Gasteiger partial charge is 0.227 e. The summed E-state index contributed by atoms with van der Waals surface area (Å²) >= 11 is 0. The number of rotatable bonds is 9. The van der Waals surface area contributed by atoms with Crippen molar-refractivity contribution in [3.63, 3.8) is 0 Å². The lowest BCUT2D eigenvalue weighted by Gasteiger charge is -2.20. The molecule has 0 saturated carbocycles. The summed E-state index contributed by atoms with van der Waals surface area (Å²) in [6.45, 7) is 3.60. The average molecular weight is 443 g/mol. The molecule has 3 aromatic carbocycles. The largest absolute Gasteiger partial charge is 0.494 e. The molecule has 2 amide bonds. The van der Waals surface area contributed by atoms with E-state index >= 15 is 0 Å². The van der Waals surface area contributed by atoms with Gasteiger partial charge in [0.2, 0.25) is 11.8 Å². The van der Waals surface area contributed by atoms with E-state index in [0.29, 0.717) is 19.7 Å². The maximum Gasteiger partial charge on any atom is 0.227 e. The van der Waals surface area contributed by atoms with Gasteiger partial charge in [-0.1, -0.05) is 67.6 Å². The standard InChI is InChI=1S/C28H30N2O3/c1-2-17-33-25-15-13-24(14-16-25)30-20-23(18-27(30)31)28(32)29-19-26(21-9-5-3-6-10-21)22-11-7-4-8-12-22/h3-16,23,26H,2,17-20H2,1H3,(H,29,32)/t23-/m1/s1. The van der Waals surface area contributed by atoms with Crippen molar-refractivity contribution in [3.05, 3.63) is 96.1 Å². The molecule has 0 bridgehead atoms. The first-order valence-electron chi connectivity index (χ1n) is 11.6. The lowest BCUT2D eigenvalue weighted by atomic mass is 9.91. The van der Waals surface area contributed by atoms with Gasteiger partial charge in [0.1, 0.15) is 5.75 Å². The van der Waals surface area contributed by atoms with Crippen molar-refractivity contribution in [2.75, 3.05) is 24.6 Å². The Morgan fingerprint density at radius 1 is 0.970 bits per heavy atom. The zero-order valence-electron chi connectivity index (χ0n) is 18.9. The van der Waals surface area contributed by atoms with Crippen molar-refractivity contribution in [2.45, 2.75) is 25.7 Å². The molecule has 1 N–H and O–H groups in total. The molecule has 170 valence electrons. The van der Waals surface area contributed by atoms with Gasteiger partial charge in [-0.05, 0) is 41.8 Å². The molecule has 0 radical (unpaired) electrons. The van der Waals surface area contributed by atoms with Crippen LogP contribution in [0.2, 0.25) is 0 Å². The molecular weight excluding hydrogens is 412 g/mol. The zero-order chi connectivity index (χ0) is 23.0. The normalized spacial score (nSPS) is 15.6. The summed E-state index contributed by atoms with van der Waals surface area (Å²) in [4.78, 5) is 27.3. The highest BCUT2D eigenvalue weighted by atomic mass is 16.5. The molecule has 1 aliphatic rings. The van der Waals surface area contributed by atoms with Crippen LogP contribution in [0.25, 0.3) is 0 Å². The summed E-state index contributed by atoms with van der Waals surface area (Å²) in [6, 6.07) is 27.9. The van der Waals surface area contributed by atoms with Gasteiger partial charge < -0.3 is 15.0 Å². The second-order valence-electron chi connectivity index (χ2n) is 8.37. The molecule has 5 nitrogen and oxygen atoms in total. The SMILES string of the molecule is CCCOc1ccc(N2C[C@H](C(=O)NCC(c3ccccc3)c3ccccc3)CC2=O)cc1. The molecule has 1 fully saturated rings. The van der Waals surface area contributed by atoms with Gasteiger partial charge in [-0.2, -0.15) is 0 Å². The van der Waals surface area contributed by atoms with E-state index < -0.39 is 0 Å². The summed E-state index contributed by atoms with van der Waals surface area (Å²) in [6.07, 6.45) is 1.17. The monoisotopic (exact) mass is 442 g/mol. The van der Waals surface area contributed by atoms with E-state index in [4.69, 9.17) is 4.74 Å². The van der Waals surface area contributed by atoms with Gasteiger partial charge in [-0.25, -0.2) is 0 Å². The first-order valence-corrected chi connectivity index (χ1v) is 11.6. The Morgan fingerprint density at radius 2 is 1.58 bits per heavy atom. The molecule has 0 spiro atoms. The van der Waals surface area contributed by atoms with Gasteiger partial charge in [0, 0.05) is 31.1 Å². The van der Waals surface area contributed by atoms with Crippen LogP contribution in [-0.4, -0.2) is 31.5 Å². The number of benzene rings is 3. The molecule has 1 saturated heterocycles. The Hall–Kier alpha value is -3.60. The Balaban J connectivity index is 1.39. The van der Waals surface area contributed by atoms with E-state index in [1.807, 2.05) is 60.7 Å². The number of nitrogens with one attached hydrogen (secondary N) is 1. The van der Waals surface area contributed by atoms with Crippen molar-refractivity contribution < 1.29 is 14.3 Å². The lowest BCUT2D eigenvalue weighted by Crippen LogP contribution is -2.35. The molecular formula is C28H30N2O3. The molecule has 1 aliphatic heterocycles. The van der Waals surface area contributed by atoms with E-state index in [-0.39, 0.29) is 30.1 Å². The second kappa shape index (κ2) is 10.8. The minimum absolute atomic E-state index is 0.0277. The van der Waals surface area contributed by atoms with Crippen molar-refractivity contribution in [2.24, 2.45) is 5.92 Å². The zero-order valence-corrected chi connectivity index (χ0v) is 18.9. The summed E-state index contributed by atoms with van der Waals surface area (Å²) in [5, 5.41) is 3.11. The molecule has 4 rings (SSSR count). The Labute approximate surface area is 195 Å². The topological polar surface area (TPSA) is 58.6 Å². The lowest BCUT2D eigenvalue weighted by molar-refractivity contribution is -0.126. The highest BCUT2D eigenvalue weighted by Crippen LogP contribution is 2.28. The van der Waals surface area contributed by atoms with Gasteiger partial charge in [-0.15, -0.1) is 0 Å². The van der Waals surface area contributed by atoms with E-state index in [0.717, 1.165) is 29.0 Å². The third-order valence-corrected chi connectivity index (χ3v) is 6.00. The van der Waals surface area contributed by atoms with E-state index in [1.165, 1.54) is 0 Å². The van der Waals surface area contributed by atoms with Crippen molar-refractivity contribution in [1.82, 2.24) is 5.32 Å². The van der Waals surface area contributed by atoms with Crippen molar-refractivity contribution >= 4 is 17.5 Å². The van der Waals surface area contributed by atoms with Crippen LogP contribution in [0.15, 0.2) is 84.9 Å². The molecule has 0 unspecified atom stereocenters. The van der Waals surface area contributed by atoms with Gasteiger partial charge in [-0.3, -0.25) is 9.59 Å². The maximum atomic E-state index is 13.0. The molecule has 33 heavy (non-hydrogen) atoms. The minimum Gasteiger partial charge on any atom is -0.494 e. The highest BCUT2D eigenvalue weighted by molar-refractivity contribution is 6.00. The summed E-state index contributed by atoms with van der Waals surface area (Å²) in [5.41, 5.74) is 3.10. The van der Waals surface area contributed by atoms with Gasteiger partial charge >= 0.3 is 0 Å². The molecule has 3 aromatic rings. The summed E-state index contributed by atoms with van der Waals surface area (Å²) < 4.78 is 5.62. The van der Waals surface area contributed by atoms with Crippen LogP contribution in [0.4, 0.5) is 5.69 Å². The summed E-state index contributed by atoms with van der Waals surface area (Å²) in [5.74, 6) is 0.376. The minimum atomic E-state index is -0.360. The Bertz CT molecular complexity index is 1010. The number of hydrogen-bond acceptors (Lipinski definition) is 3. The fourth-order valence-corrected chi connectivity index (χ4v) is 4.22. The number of amides is 2. The highest BCUT2D eigenvalue weighted by Gasteiger charge is 2.35. The Morgan fingerprint density at radius 3 is 2.15 bits per heavy atom. The predicted molar refractivity (Wildman–Crippen MR) is 130 cm³/mol. The van der Waals surface area contributed by atoms with Crippen LogP contribution >= 0.6 is 0 Å². The van der Waals surface area contributed by atoms with Crippen LogP contribution in [0.3, 0.4) is 0 Å². The van der Waals surface area contributed by atoms with Crippen molar-refractivity contribution in [1.29, 1.82) is 0 Å². The number of carbonyl (C=O) groups excluding carboxylic acids is 2. The van der Waals surface area contributed by atoms with Gasteiger partial charge in [0.15, 0.2) is 0 Å². The molecule has 0 aromatic heterocycles. The van der Waals surface area contributed by atoms with Crippen LogP contribution in [-0.2, 0) is 9.59 Å². The van der Waals surface area contributed by atoms with E-state index in [1.54, 1.807) is 4.90 Å².